The van der Waals surface area contributed by atoms with Crippen LogP contribution in [0.15, 0.2) is 29.2 Å². The number of nitrogens with zero attached hydrogens (tertiary/aromatic N) is 1. The smallest absolute Gasteiger partial charge is 0.243 e. The molecule has 2 bridgehead atoms. The Kier molecular flexibility index (Phi) is 3.90. The second kappa shape index (κ2) is 5.51. The minimum atomic E-state index is -3.56. The average Bonchev–Trinajstić information content (AvgIpc) is 3.13. The van der Waals surface area contributed by atoms with Gasteiger partial charge in [0.25, 0.3) is 0 Å². The van der Waals surface area contributed by atoms with E-state index < -0.39 is 15.8 Å². The number of rotatable bonds is 3. The predicted octanol–water partition coefficient (Wildman–Crippen LogP) is 2.67. The van der Waals surface area contributed by atoms with Crippen LogP contribution in [-0.2, 0) is 19.5 Å². The van der Waals surface area contributed by atoms with Gasteiger partial charge in [0.15, 0.2) is 5.79 Å². The van der Waals surface area contributed by atoms with Crippen molar-refractivity contribution in [2.24, 2.45) is 5.92 Å². The van der Waals surface area contributed by atoms with Crippen LogP contribution >= 0.6 is 15.9 Å². The van der Waals surface area contributed by atoms with Crippen molar-refractivity contribution < 1.29 is 17.9 Å². The molecule has 24 heavy (non-hydrogen) atoms. The van der Waals surface area contributed by atoms with E-state index in [9.17, 15) is 8.42 Å². The topological polar surface area (TPSA) is 55.8 Å². The Labute approximate surface area is 151 Å². The highest BCUT2D eigenvalue weighted by atomic mass is 79.9. The summed E-state index contributed by atoms with van der Waals surface area (Å²) in [6, 6.07) is 6.80. The van der Waals surface area contributed by atoms with Crippen LogP contribution in [0.2, 0.25) is 0 Å². The summed E-state index contributed by atoms with van der Waals surface area (Å²) in [6.07, 6.45) is 0.602. The van der Waals surface area contributed by atoms with Crippen molar-refractivity contribution in [2.45, 2.75) is 62.2 Å². The second-order valence-electron chi connectivity index (χ2n) is 7.40. The van der Waals surface area contributed by atoms with E-state index in [1.54, 1.807) is 16.4 Å². The van der Waals surface area contributed by atoms with E-state index in [1.165, 1.54) is 0 Å². The van der Waals surface area contributed by atoms with Crippen molar-refractivity contribution in [3.05, 3.63) is 29.8 Å². The second-order valence-corrected chi connectivity index (χ2v) is 9.89. The number of sulfonamides is 1. The van der Waals surface area contributed by atoms with Gasteiger partial charge in [-0.05, 0) is 39.3 Å². The molecule has 1 aliphatic carbocycles. The van der Waals surface area contributed by atoms with Gasteiger partial charge in [0.05, 0.1) is 17.0 Å². The molecule has 3 aliphatic rings. The number of aryl methyl sites for hydroxylation is 1. The third kappa shape index (κ3) is 2.40. The van der Waals surface area contributed by atoms with Crippen LogP contribution in [0, 0.1) is 12.8 Å². The summed E-state index contributed by atoms with van der Waals surface area (Å²) >= 11 is 3.52. The van der Waals surface area contributed by atoms with Gasteiger partial charge < -0.3 is 9.47 Å². The number of fused-ring (bicyclic) bond motifs is 5. The molecule has 2 aliphatic heterocycles. The SMILES string of the molecule is Cc1ccc(S(=O)(=O)N2C(CBr)C3CC2C2OC(C)(C)OC32)cc1. The summed E-state index contributed by atoms with van der Waals surface area (Å²) in [6.45, 7) is 5.74. The first kappa shape index (κ1) is 17.0. The zero-order valence-electron chi connectivity index (χ0n) is 14.0. The molecule has 5 nitrogen and oxygen atoms in total. The molecule has 1 aromatic carbocycles. The van der Waals surface area contributed by atoms with E-state index in [4.69, 9.17) is 9.47 Å². The van der Waals surface area contributed by atoms with Gasteiger partial charge in [0, 0.05) is 17.3 Å². The van der Waals surface area contributed by atoms with Gasteiger partial charge in [-0.3, -0.25) is 0 Å². The van der Waals surface area contributed by atoms with E-state index >= 15 is 0 Å². The molecule has 0 aromatic heterocycles. The summed E-state index contributed by atoms with van der Waals surface area (Å²) in [5.74, 6) is -0.478. The van der Waals surface area contributed by atoms with Crippen molar-refractivity contribution in [3.8, 4) is 0 Å². The molecule has 3 fully saturated rings. The fourth-order valence-corrected chi connectivity index (χ4v) is 7.28. The average molecular weight is 416 g/mol. The van der Waals surface area contributed by atoms with Gasteiger partial charge in [-0.15, -0.1) is 0 Å². The van der Waals surface area contributed by atoms with E-state index in [0.717, 1.165) is 12.0 Å². The lowest BCUT2D eigenvalue weighted by atomic mass is 9.97. The quantitative estimate of drug-likeness (QED) is 0.712. The molecule has 2 heterocycles. The Balaban J connectivity index is 1.72. The molecule has 0 amide bonds. The molecule has 5 atom stereocenters. The zero-order chi connectivity index (χ0) is 17.3. The summed E-state index contributed by atoms with van der Waals surface area (Å²) in [7, 11) is -3.56. The molecule has 0 N–H and O–H groups in total. The fourth-order valence-electron chi connectivity index (χ4n) is 4.42. The Morgan fingerprint density at radius 3 is 2.46 bits per heavy atom. The molecular weight excluding hydrogens is 394 g/mol. The molecule has 7 heteroatoms. The third-order valence-electron chi connectivity index (χ3n) is 5.38. The first-order chi connectivity index (χ1) is 11.2. The van der Waals surface area contributed by atoms with Crippen molar-refractivity contribution in [2.75, 3.05) is 5.33 Å². The minimum Gasteiger partial charge on any atom is -0.344 e. The Morgan fingerprint density at radius 1 is 1.21 bits per heavy atom. The van der Waals surface area contributed by atoms with Crippen LogP contribution < -0.4 is 0 Å². The van der Waals surface area contributed by atoms with Crippen LogP contribution in [-0.4, -0.2) is 48.1 Å². The van der Waals surface area contributed by atoms with Gasteiger partial charge in [-0.2, -0.15) is 4.31 Å². The van der Waals surface area contributed by atoms with Gasteiger partial charge in [-0.25, -0.2) is 8.42 Å². The lowest BCUT2D eigenvalue weighted by Crippen LogP contribution is -2.55. The molecule has 132 valence electrons. The highest BCUT2D eigenvalue weighted by Gasteiger charge is 2.65. The fraction of sp³-hybridized carbons (Fsp3) is 0.647. The number of ether oxygens (including phenoxy) is 2. The Bertz CT molecular complexity index is 748. The normalized spacial score (nSPS) is 37.8. The lowest BCUT2D eigenvalue weighted by molar-refractivity contribution is -0.155. The number of halogens is 1. The summed E-state index contributed by atoms with van der Waals surface area (Å²) < 4.78 is 40.3. The van der Waals surface area contributed by atoms with Crippen LogP contribution in [0.5, 0.6) is 0 Å². The van der Waals surface area contributed by atoms with E-state index in [1.807, 2.05) is 32.9 Å². The number of benzene rings is 1. The largest absolute Gasteiger partial charge is 0.344 e. The maximum Gasteiger partial charge on any atom is 0.243 e. The molecular formula is C17H22BrNO4S. The van der Waals surface area contributed by atoms with Gasteiger partial charge in [0.2, 0.25) is 10.0 Å². The van der Waals surface area contributed by atoms with E-state index in [0.29, 0.717) is 10.2 Å². The van der Waals surface area contributed by atoms with Gasteiger partial charge in [-0.1, -0.05) is 33.6 Å². The summed E-state index contributed by atoms with van der Waals surface area (Å²) in [5, 5.41) is 0.603. The van der Waals surface area contributed by atoms with Gasteiger partial charge in [0.1, 0.15) is 6.10 Å². The van der Waals surface area contributed by atoms with Crippen LogP contribution in [0.1, 0.15) is 25.8 Å². The number of alkyl halides is 1. The number of hydrogen-bond acceptors (Lipinski definition) is 4. The third-order valence-corrected chi connectivity index (χ3v) is 8.01. The first-order valence-corrected chi connectivity index (χ1v) is 10.8. The van der Waals surface area contributed by atoms with Crippen molar-refractivity contribution in [3.63, 3.8) is 0 Å². The number of piperidine rings is 1. The van der Waals surface area contributed by atoms with Crippen molar-refractivity contribution in [1.29, 1.82) is 0 Å². The predicted molar refractivity (Wildman–Crippen MR) is 93.5 cm³/mol. The Morgan fingerprint density at radius 2 is 1.83 bits per heavy atom. The molecule has 4 rings (SSSR count). The lowest BCUT2D eigenvalue weighted by Gasteiger charge is -2.37. The number of hydrogen-bond donors (Lipinski definition) is 0. The van der Waals surface area contributed by atoms with Crippen LogP contribution in [0.3, 0.4) is 0 Å². The summed E-state index contributed by atoms with van der Waals surface area (Å²) in [4.78, 5) is 0.348. The molecule has 1 aromatic rings. The molecule has 1 saturated carbocycles. The highest BCUT2D eigenvalue weighted by Crippen LogP contribution is 2.53. The molecule has 2 saturated heterocycles. The standard InChI is InChI=1S/C17H22BrNO4S/c1-10-4-6-11(7-5-10)24(20,21)19-13-8-12(14(19)9-18)15-16(13)23-17(2,3)22-15/h4-7,12-16H,8-9H2,1-3H3. The zero-order valence-corrected chi connectivity index (χ0v) is 16.4. The monoisotopic (exact) mass is 415 g/mol. The van der Waals surface area contributed by atoms with Gasteiger partial charge >= 0.3 is 0 Å². The van der Waals surface area contributed by atoms with Crippen molar-refractivity contribution in [1.82, 2.24) is 4.31 Å². The van der Waals surface area contributed by atoms with E-state index in [-0.39, 0.29) is 30.2 Å². The van der Waals surface area contributed by atoms with E-state index in [2.05, 4.69) is 15.9 Å². The van der Waals surface area contributed by atoms with Crippen LogP contribution in [0.25, 0.3) is 0 Å². The van der Waals surface area contributed by atoms with Crippen LogP contribution in [0.4, 0.5) is 0 Å². The minimum absolute atomic E-state index is 0.0167. The molecule has 0 radical (unpaired) electrons. The maximum atomic E-state index is 13.3. The Hall–Kier alpha value is -0.470. The first-order valence-electron chi connectivity index (χ1n) is 8.26. The summed E-state index contributed by atoms with van der Waals surface area (Å²) in [5.41, 5.74) is 1.04. The maximum absolute atomic E-state index is 13.3. The highest BCUT2D eigenvalue weighted by molar-refractivity contribution is 9.09. The molecule has 5 unspecified atom stereocenters. The van der Waals surface area contributed by atoms with Crippen molar-refractivity contribution >= 4 is 26.0 Å². The molecule has 0 spiro atoms.